The summed E-state index contributed by atoms with van der Waals surface area (Å²) in [4.78, 5) is 0. The second-order valence-corrected chi connectivity index (χ2v) is 6.22. The number of para-hydroxylation sites is 1. The van der Waals surface area contributed by atoms with E-state index < -0.39 is 9.84 Å². The highest BCUT2D eigenvalue weighted by atomic mass is 32.2. The fraction of sp³-hybridized carbons (Fsp3) is 0.125. The second-order valence-electron chi connectivity index (χ2n) is 4.34. The summed E-state index contributed by atoms with van der Waals surface area (Å²) in [5, 5.41) is 1.23. The van der Waals surface area contributed by atoms with Gasteiger partial charge in [-0.25, -0.2) is 8.42 Å². The van der Waals surface area contributed by atoms with Crippen molar-refractivity contribution in [3.8, 4) is 5.75 Å². The third-order valence-electron chi connectivity index (χ3n) is 2.80. The minimum Gasteiger partial charge on any atom is -0.496 e. The molecular weight excluding hydrogens is 272 g/mol. The van der Waals surface area contributed by atoms with Crippen LogP contribution in [0.1, 0.15) is 11.1 Å². The van der Waals surface area contributed by atoms with Gasteiger partial charge in [-0.15, -0.1) is 0 Å². The molecule has 0 saturated carbocycles. The molecule has 4 heteroatoms. The van der Waals surface area contributed by atoms with Gasteiger partial charge in [-0.1, -0.05) is 48.5 Å². The lowest BCUT2D eigenvalue weighted by Gasteiger charge is -2.04. The summed E-state index contributed by atoms with van der Waals surface area (Å²) in [6, 6.07) is 16.4. The van der Waals surface area contributed by atoms with E-state index in [2.05, 4.69) is 0 Å². The smallest absolute Gasteiger partial charge is 0.175 e. The van der Waals surface area contributed by atoms with E-state index in [0.29, 0.717) is 5.75 Å². The van der Waals surface area contributed by atoms with E-state index in [1.807, 2.05) is 36.4 Å². The average Bonchev–Trinajstić information content (AvgIpc) is 2.46. The SMILES string of the molecule is COc1ccccc1/C=C/S(=O)(=O)Cc1ccccc1. The molecule has 0 aliphatic carbocycles. The number of hydrogen-bond acceptors (Lipinski definition) is 3. The summed E-state index contributed by atoms with van der Waals surface area (Å²) in [5.74, 6) is 0.651. The van der Waals surface area contributed by atoms with Crippen molar-refractivity contribution >= 4 is 15.9 Å². The van der Waals surface area contributed by atoms with Gasteiger partial charge in [-0.2, -0.15) is 0 Å². The highest BCUT2D eigenvalue weighted by molar-refractivity contribution is 7.93. The van der Waals surface area contributed by atoms with E-state index in [9.17, 15) is 8.42 Å². The van der Waals surface area contributed by atoms with Gasteiger partial charge in [-0.05, 0) is 17.7 Å². The normalized spacial score (nSPS) is 11.7. The molecule has 0 aliphatic heterocycles. The highest BCUT2D eigenvalue weighted by Gasteiger charge is 2.08. The van der Waals surface area contributed by atoms with Crippen LogP contribution < -0.4 is 4.74 Å². The highest BCUT2D eigenvalue weighted by Crippen LogP contribution is 2.19. The molecule has 20 heavy (non-hydrogen) atoms. The first-order valence-corrected chi connectivity index (χ1v) is 7.90. The molecular formula is C16H16O3S. The van der Waals surface area contributed by atoms with Gasteiger partial charge in [0.2, 0.25) is 0 Å². The van der Waals surface area contributed by atoms with Crippen LogP contribution in [0.4, 0.5) is 0 Å². The van der Waals surface area contributed by atoms with Crippen molar-refractivity contribution in [3.63, 3.8) is 0 Å². The van der Waals surface area contributed by atoms with Crippen molar-refractivity contribution in [3.05, 3.63) is 71.1 Å². The Hall–Kier alpha value is -2.07. The molecule has 0 unspecified atom stereocenters. The Morgan fingerprint density at radius 1 is 1.00 bits per heavy atom. The van der Waals surface area contributed by atoms with Crippen LogP contribution in [0.25, 0.3) is 6.08 Å². The van der Waals surface area contributed by atoms with Crippen molar-refractivity contribution in [1.29, 1.82) is 0 Å². The molecule has 0 radical (unpaired) electrons. The third-order valence-corrected chi connectivity index (χ3v) is 4.09. The predicted molar refractivity (Wildman–Crippen MR) is 81.1 cm³/mol. The van der Waals surface area contributed by atoms with Gasteiger partial charge in [-0.3, -0.25) is 0 Å². The average molecular weight is 288 g/mol. The van der Waals surface area contributed by atoms with Crippen LogP contribution in [-0.2, 0) is 15.6 Å². The Morgan fingerprint density at radius 3 is 2.35 bits per heavy atom. The molecule has 104 valence electrons. The number of ether oxygens (including phenoxy) is 1. The standard InChI is InChI=1S/C16H16O3S/c1-19-16-10-6-5-9-15(16)11-12-20(17,18)13-14-7-3-2-4-8-14/h2-12H,13H2,1H3/b12-11+. The van der Waals surface area contributed by atoms with Crippen molar-refractivity contribution in [1.82, 2.24) is 0 Å². The lowest BCUT2D eigenvalue weighted by molar-refractivity contribution is 0.414. The van der Waals surface area contributed by atoms with E-state index in [1.54, 1.807) is 31.4 Å². The number of benzene rings is 2. The molecule has 0 N–H and O–H groups in total. The van der Waals surface area contributed by atoms with Crippen molar-refractivity contribution < 1.29 is 13.2 Å². The van der Waals surface area contributed by atoms with Gasteiger partial charge in [0.1, 0.15) is 5.75 Å². The minimum atomic E-state index is -3.29. The monoisotopic (exact) mass is 288 g/mol. The molecule has 0 aliphatic rings. The Kier molecular flexibility index (Phi) is 4.58. The van der Waals surface area contributed by atoms with Crippen molar-refractivity contribution in [2.75, 3.05) is 7.11 Å². The number of methoxy groups -OCH3 is 1. The van der Waals surface area contributed by atoms with Crippen molar-refractivity contribution in [2.24, 2.45) is 0 Å². The Balaban J connectivity index is 2.18. The van der Waals surface area contributed by atoms with Gasteiger partial charge in [0, 0.05) is 11.0 Å². The lowest BCUT2D eigenvalue weighted by Crippen LogP contribution is -1.99. The van der Waals surface area contributed by atoms with Crippen LogP contribution in [0.15, 0.2) is 60.0 Å². The van der Waals surface area contributed by atoms with Crippen LogP contribution in [0.2, 0.25) is 0 Å². The molecule has 0 saturated heterocycles. The summed E-state index contributed by atoms with van der Waals surface area (Å²) in [6.07, 6.45) is 1.57. The Morgan fingerprint density at radius 2 is 1.65 bits per heavy atom. The van der Waals surface area contributed by atoms with Crippen LogP contribution in [-0.4, -0.2) is 15.5 Å². The van der Waals surface area contributed by atoms with Gasteiger partial charge in [0.25, 0.3) is 0 Å². The number of rotatable bonds is 5. The van der Waals surface area contributed by atoms with E-state index in [-0.39, 0.29) is 5.75 Å². The maximum Gasteiger partial charge on any atom is 0.175 e. The summed E-state index contributed by atoms with van der Waals surface area (Å²) in [6.45, 7) is 0. The maximum atomic E-state index is 12.0. The fourth-order valence-electron chi connectivity index (χ4n) is 1.84. The lowest BCUT2D eigenvalue weighted by atomic mass is 10.2. The van der Waals surface area contributed by atoms with Crippen molar-refractivity contribution in [2.45, 2.75) is 5.75 Å². The number of hydrogen-bond donors (Lipinski definition) is 0. The van der Waals surface area contributed by atoms with Gasteiger partial charge in [0.15, 0.2) is 9.84 Å². The zero-order valence-electron chi connectivity index (χ0n) is 11.2. The Bertz CT molecular complexity index is 689. The second kappa shape index (κ2) is 6.39. The zero-order valence-corrected chi connectivity index (χ0v) is 12.0. The molecule has 0 amide bonds. The topological polar surface area (TPSA) is 43.4 Å². The van der Waals surface area contributed by atoms with Crippen LogP contribution in [0.3, 0.4) is 0 Å². The molecule has 2 aromatic carbocycles. The van der Waals surface area contributed by atoms with Crippen LogP contribution >= 0.6 is 0 Å². The molecule has 0 spiro atoms. The molecule has 0 aromatic heterocycles. The fourth-order valence-corrected chi connectivity index (χ4v) is 2.94. The molecule has 2 rings (SSSR count). The van der Waals surface area contributed by atoms with Crippen LogP contribution in [0.5, 0.6) is 5.75 Å². The first-order valence-electron chi connectivity index (χ1n) is 6.18. The molecule has 0 heterocycles. The van der Waals surface area contributed by atoms with E-state index in [1.165, 1.54) is 5.41 Å². The summed E-state index contributed by atoms with van der Waals surface area (Å²) >= 11 is 0. The molecule has 0 atom stereocenters. The van der Waals surface area contributed by atoms with E-state index >= 15 is 0 Å². The zero-order chi connectivity index (χ0) is 14.4. The summed E-state index contributed by atoms with van der Waals surface area (Å²) < 4.78 is 29.3. The predicted octanol–water partition coefficient (Wildman–Crippen LogP) is 3.28. The van der Waals surface area contributed by atoms with E-state index in [0.717, 1.165) is 11.1 Å². The first kappa shape index (κ1) is 14.3. The van der Waals surface area contributed by atoms with E-state index in [4.69, 9.17) is 4.74 Å². The van der Waals surface area contributed by atoms with Gasteiger partial charge >= 0.3 is 0 Å². The molecule has 0 fully saturated rings. The van der Waals surface area contributed by atoms with Gasteiger partial charge < -0.3 is 4.74 Å². The first-order chi connectivity index (χ1) is 9.61. The minimum absolute atomic E-state index is 0.000507. The van der Waals surface area contributed by atoms with Crippen LogP contribution in [0, 0.1) is 0 Å². The Labute approximate surface area is 119 Å². The summed E-state index contributed by atoms with van der Waals surface area (Å²) in [7, 11) is -1.73. The largest absolute Gasteiger partial charge is 0.496 e. The molecule has 3 nitrogen and oxygen atoms in total. The third kappa shape index (κ3) is 3.96. The molecule has 2 aromatic rings. The quantitative estimate of drug-likeness (QED) is 0.848. The maximum absolute atomic E-state index is 12.0. The number of sulfone groups is 1. The van der Waals surface area contributed by atoms with Gasteiger partial charge in [0.05, 0.1) is 12.9 Å². The molecule has 0 bridgehead atoms. The summed E-state index contributed by atoms with van der Waals surface area (Å²) in [5.41, 5.74) is 1.52.